The van der Waals surface area contributed by atoms with Crippen LogP contribution >= 0.6 is 0 Å². The molecule has 1 amide bonds. The highest BCUT2D eigenvalue weighted by atomic mass is 16.2. The number of rotatable bonds is 4. The summed E-state index contributed by atoms with van der Waals surface area (Å²) >= 11 is 0. The van der Waals surface area contributed by atoms with E-state index in [-0.39, 0.29) is 5.91 Å². The quantitative estimate of drug-likeness (QED) is 0.906. The molecule has 0 radical (unpaired) electrons. The number of likely N-dealkylation sites (tertiary alicyclic amines) is 1. The second kappa shape index (κ2) is 7.64. The molecule has 1 fully saturated rings. The summed E-state index contributed by atoms with van der Waals surface area (Å²) in [4.78, 5) is 23.9. The first kappa shape index (κ1) is 17.4. The van der Waals surface area contributed by atoms with Crippen LogP contribution in [-0.4, -0.2) is 33.4 Å². The summed E-state index contributed by atoms with van der Waals surface area (Å²) in [5.74, 6) is 0.489. The van der Waals surface area contributed by atoms with Gasteiger partial charge in [-0.05, 0) is 63.3 Å². The maximum atomic E-state index is 13.0. The molecule has 5 heteroatoms. The Morgan fingerprint density at radius 2 is 2.08 bits per heavy atom. The minimum absolute atomic E-state index is 0.0179. The fraction of sp³-hybridized carbons (Fsp3) is 0.450. The van der Waals surface area contributed by atoms with E-state index in [4.69, 9.17) is 0 Å². The summed E-state index contributed by atoms with van der Waals surface area (Å²) in [6.45, 7) is 6.90. The van der Waals surface area contributed by atoms with Gasteiger partial charge in [-0.25, -0.2) is 9.97 Å². The topological polar surface area (TPSA) is 58.1 Å². The third-order valence-electron chi connectivity index (χ3n) is 4.71. The minimum Gasteiger partial charge on any atom is -0.334 e. The molecule has 1 aliphatic rings. The molecule has 0 spiro atoms. The zero-order chi connectivity index (χ0) is 17.8. The fourth-order valence-electron chi connectivity index (χ4n) is 3.43. The molecule has 1 aromatic carbocycles. The van der Waals surface area contributed by atoms with Crippen LogP contribution in [-0.2, 0) is 0 Å². The number of carbonyl (C=O) groups excluding carboxylic acids is 1. The van der Waals surface area contributed by atoms with Gasteiger partial charge >= 0.3 is 0 Å². The number of nitrogens with zero attached hydrogens (tertiary/aromatic N) is 3. The van der Waals surface area contributed by atoms with E-state index in [0.29, 0.717) is 17.7 Å². The van der Waals surface area contributed by atoms with E-state index in [1.165, 1.54) is 6.42 Å². The first-order valence-electron chi connectivity index (χ1n) is 9.07. The van der Waals surface area contributed by atoms with Crippen LogP contribution in [0.15, 0.2) is 30.3 Å². The van der Waals surface area contributed by atoms with Crippen LogP contribution in [0.1, 0.15) is 54.4 Å². The number of aromatic nitrogens is 2. The van der Waals surface area contributed by atoms with Gasteiger partial charge in [0.05, 0.1) is 0 Å². The second-order valence-corrected chi connectivity index (χ2v) is 6.77. The average Bonchev–Trinajstić information content (AvgIpc) is 2.60. The maximum absolute atomic E-state index is 13.0. The van der Waals surface area contributed by atoms with Crippen molar-refractivity contribution in [1.29, 1.82) is 0 Å². The van der Waals surface area contributed by atoms with Gasteiger partial charge in [-0.1, -0.05) is 19.1 Å². The van der Waals surface area contributed by atoms with Gasteiger partial charge in [0.2, 0.25) is 5.95 Å². The highest BCUT2D eigenvalue weighted by Gasteiger charge is 2.27. The van der Waals surface area contributed by atoms with E-state index in [2.05, 4.69) is 22.2 Å². The average molecular weight is 338 g/mol. The van der Waals surface area contributed by atoms with Gasteiger partial charge in [0.1, 0.15) is 5.69 Å². The predicted octanol–water partition coefficient (Wildman–Crippen LogP) is 4.24. The molecule has 1 aliphatic heterocycles. The van der Waals surface area contributed by atoms with Gasteiger partial charge in [-0.3, -0.25) is 4.79 Å². The summed E-state index contributed by atoms with van der Waals surface area (Å²) in [6, 6.07) is 10.1. The molecule has 5 nitrogen and oxygen atoms in total. The molecular weight excluding hydrogens is 312 g/mol. The molecule has 1 N–H and O–H groups in total. The van der Waals surface area contributed by atoms with Crippen LogP contribution < -0.4 is 5.32 Å². The van der Waals surface area contributed by atoms with Crippen LogP contribution in [0.25, 0.3) is 0 Å². The van der Waals surface area contributed by atoms with Crippen molar-refractivity contribution in [2.45, 2.75) is 52.5 Å². The number of hydrogen-bond donors (Lipinski definition) is 1. The molecule has 132 valence electrons. The Morgan fingerprint density at radius 3 is 2.84 bits per heavy atom. The van der Waals surface area contributed by atoms with Gasteiger partial charge in [-0.15, -0.1) is 0 Å². The van der Waals surface area contributed by atoms with Gasteiger partial charge in [-0.2, -0.15) is 0 Å². The number of hydrogen-bond acceptors (Lipinski definition) is 4. The van der Waals surface area contributed by atoms with Crippen LogP contribution in [0, 0.1) is 13.8 Å². The van der Waals surface area contributed by atoms with Crippen LogP contribution in [0.5, 0.6) is 0 Å². The molecule has 1 unspecified atom stereocenters. The monoisotopic (exact) mass is 338 g/mol. The molecule has 1 atom stereocenters. The highest BCUT2D eigenvalue weighted by Crippen LogP contribution is 2.22. The third-order valence-corrected chi connectivity index (χ3v) is 4.71. The number of benzene rings is 1. The maximum Gasteiger partial charge on any atom is 0.272 e. The number of amides is 1. The normalized spacial score (nSPS) is 17.4. The van der Waals surface area contributed by atoms with E-state index in [0.717, 1.165) is 42.8 Å². The zero-order valence-electron chi connectivity index (χ0n) is 15.2. The number of carbonyl (C=O) groups is 1. The Morgan fingerprint density at radius 1 is 1.24 bits per heavy atom. The van der Waals surface area contributed by atoms with E-state index < -0.39 is 0 Å². The fourth-order valence-corrected chi connectivity index (χ4v) is 3.43. The number of nitrogens with one attached hydrogen (secondary N) is 1. The van der Waals surface area contributed by atoms with E-state index in [1.807, 2.05) is 43.0 Å². The van der Waals surface area contributed by atoms with Gasteiger partial charge in [0, 0.05) is 24.0 Å². The molecule has 0 aliphatic carbocycles. The zero-order valence-corrected chi connectivity index (χ0v) is 15.2. The molecule has 1 aromatic heterocycles. The van der Waals surface area contributed by atoms with Gasteiger partial charge < -0.3 is 10.2 Å². The van der Waals surface area contributed by atoms with Crippen molar-refractivity contribution in [3.63, 3.8) is 0 Å². The summed E-state index contributed by atoms with van der Waals surface area (Å²) in [5, 5.41) is 3.22. The smallest absolute Gasteiger partial charge is 0.272 e. The van der Waals surface area contributed by atoms with Gasteiger partial charge in [0.15, 0.2) is 0 Å². The lowest BCUT2D eigenvalue weighted by Crippen LogP contribution is -2.43. The second-order valence-electron chi connectivity index (χ2n) is 6.77. The third kappa shape index (κ3) is 4.16. The lowest BCUT2D eigenvalue weighted by atomic mass is 9.99. The summed E-state index contributed by atoms with van der Waals surface area (Å²) in [6.07, 6.45) is 4.34. The van der Waals surface area contributed by atoms with E-state index in [9.17, 15) is 4.79 Å². The van der Waals surface area contributed by atoms with Crippen LogP contribution in [0.4, 0.5) is 11.6 Å². The van der Waals surface area contributed by atoms with Crippen molar-refractivity contribution in [2.75, 3.05) is 11.9 Å². The lowest BCUT2D eigenvalue weighted by Gasteiger charge is -2.35. The Labute approximate surface area is 149 Å². The van der Waals surface area contributed by atoms with E-state index >= 15 is 0 Å². The first-order valence-corrected chi connectivity index (χ1v) is 9.07. The molecule has 0 saturated carbocycles. The van der Waals surface area contributed by atoms with Crippen molar-refractivity contribution in [3.05, 3.63) is 47.3 Å². The molecule has 2 aromatic rings. The van der Waals surface area contributed by atoms with Crippen molar-refractivity contribution in [3.8, 4) is 0 Å². The Bertz CT molecular complexity index is 759. The number of aryl methyl sites for hydroxylation is 2. The van der Waals surface area contributed by atoms with Crippen molar-refractivity contribution < 1.29 is 4.79 Å². The Kier molecular flexibility index (Phi) is 5.31. The highest BCUT2D eigenvalue weighted by molar-refractivity contribution is 5.93. The van der Waals surface area contributed by atoms with Crippen LogP contribution in [0.2, 0.25) is 0 Å². The predicted molar refractivity (Wildman–Crippen MR) is 100 cm³/mol. The molecule has 3 rings (SSSR count). The molecule has 0 bridgehead atoms. The summed E-state index contributed by atoms with van der Waals surface area (Å²) in [5.41, 5.74) is 3.35. The largest absolute Gasteiger partial charge is 0.334 e. The van der Waals surface area contributed by atoms with E-state index in [1.54, 1.807) is 6.07 Å². The standard InChI is InChI=1S/C20H26N4O/c1-4-17-10-5-6-11-24(17)19(25)18-13-15(3)21-20(23-18)22-16-9-7-8-14(2)12-16/h7-9,12-13,17H,4-6,10-11H2,1-3H3,(H,21,22,23). The van der Waals surface area contributed by atoms with Crippen molar-refractivity contribution in [1.82, 2.24) is 14.9 Å². The van der Waals surface area contributed by atoms with Crippen molar-refractivity contribution in [2.24, 2.45) is 0 Å². The molecule has 2 heterocycles. The summed E-state index contributed by atoms with van der Waals surface area (Å²) in [7, 11) is 0. The Hall–Kier alpha value is -2.43. The minimum atomic E-state index is 0.0179. The lowest BCUT2D eigenvalue weighted by molar-refractivity contribution is 0.0602. The van der Waals surface area contributed by atoms with Crippen LogP contribution in [0.3, 0.4) is 0 Å². The van der Waals surface area contributed by atoms with Crippen molar-refractivity contribution >= 4 is 17.5 Å². The van der Waals surface area contributed by atoms with Gasteiger partial charge in [0.25, 0.3) is 5.91 Å². The Balaban J connectivity index is 1.84. The number of anilines is 2. The summed E-state index contributed by atoms with van der Waals surface area (Å²) < 4.78 is 0. The number of piperidine rings is 1. The molecule has 25 heavy (non-hydrogen) atoms. The molecule has 1 saturated heterocycles. The SMILES string of the molecule is CCC1CCCCN1C(=O)c1cc(C)nc(Nc2cccc(C)c2)n1. The molecular formula is C20H26N4O. The first-order chi connectivity index (χ1) is 12.1.